The number of anilines is 1. The normalized spacial score (nSPS) is 10.5. The first-order valence-electron chi connectivity index (χ1n) is 7.85. The van der Waals surface area contributed by atoms with Crippen molar-refractivity contribution >= 4 is 35.3 Å². The minimum absolute atomic E-state index is 0.281. The number of hydrogen-bond acceptors (Lipinski definition) is 5. The number of halogens is 2. The number of amides is 2. The maximum atomic E-state index is 12.8. The third-order valence-electron chi connectivity index (χ3n) is 3.23. The topological polar surface area (TPSA) is 89.0 Å². The van der Waals surface area contributed by atoms with Crippen molar-refractivity contribution < 1.29 is 23.5 Å². The molecule has 0 unspecified atom stereocenters. The van der Waals surface area contributed by atoms with Gasteiger partial charge in [-0.25, -0.2) is 9.82 Å². The van der Waals surface area contributed by atoms with Gasteiger partial charge in [0.2, 0.25) is 0 Å². The van der Waals surface area contributed by atoms with E-state index in [0.717, 1.165) is 12.1 Å². The van der Waals surface area contributed by atoms with E-state index in [1.807, 2.05) is 6.92 Å². The number of benzene rings is 2. The maximum Gasteiger partial charge on any atom is 0.329 e. The molecule has 9 heteroatoms. The number of nitrogens with zero attached hydrogens (tertiary/aromatic N) is 1. The Morgan fingerprint density at radius 3 is 2.56 bits per heavy atom. The van der Waals surface area contributed by atoms with Crippen LogP contribution in [-0.4, -0.2) is 31.7 Å². The van der Waals surface area contributed by atoms with Crippen LogP contribution in [0, 0.1) is 5.82 Å². The summed E-state index contributed by atoms with van der Waals surface area (Å²) in [7, 11) is 1.47. The van der Waals surface area contributed by atoms with Crippen molar-refractivity contribution in [2.75, 3.05) is 19.0 Å². The van der Waals surface area contributed by atoms with Gasteiger partial charge in [-0.15, -0.1) is 0 Å². The second kappa shape index (κ2) is 9.54. The number of methoxy groups -OCH3 is 1. The van der Waals surface area contributed by atoms with Crippen LogP contribution in [-0.2, 0) is 9.59 Å². The third kappa shape index (κ3) is 5.68. The van der Waals surface area contributed by atoms with Crippen LogP contribution in [0.2, 0.25) is 5.02 Å². The summed E-state index contributed by atoms with van der Waals surface area (Å²) in [5, 5.41) is 6.35. The van der Waals surface area contributed by atoms with Gasteiger partial charge in [0.1, 0.15) is 5.82 Å². The van der Waals surface area contributed by atoms with Gasteiger partial charge in [0.05, 0.1) is 25.0 Å². The maximum absolute atomic E-state index is 12.8. The molecule has 0 saturated carbocycles. The Balaban J connectivity index is 1.99. The van der Waals surface area contributed by atoms with Crippen molar-refractivity contribution in [3.63, 3.8) is 0 Å². The van der Waals surface area contributed by atoms with Gasteiger partial charge in [0, 0.05) is 5.69 Å². The smallest absolute Gasteiger partial charge is 0.329 e. The first-order valence-corrected chi connectivity index (χ1v) is 8.22. The van der Waals surface area contributed by atoms with Crippen molar-refractivity contribution in [2.45, 2.75) is 6.92 Å². The van der Waals surface area contributed by atoms with Gasteiger partial charge in [0.15, 0.2) is 11.5 Å². The Hall–Kier alpha value is -3.13. The molecule has 0 aromatic heterocycles. The van der Waals surface area contributed by atoms with Gasteiger partial charge >= 0.3 is 11.8 Å². The monoisotopic (exact) mass is 393 g/mol. The number of hydrazone groups is 1. The molecule has 142 valence electrons. The van der Waals surface area contributed by atoms with Crippen molar-refractivity contribution in [2.24, 2.45) is 5.10 Å². The van der Waals surface area contributed by atoms with Gasteiger partial charge in [-0.1, -0.05) is 11.6 Å². The lowest BCUT2D eigenvalue weighted by molar-refractivity contribution is -0.136. The van der Waals surface area contributed by atoms with Crippen LogP contribution >= 0.6 is 11.6 Å². The highest BCUT2D eigenvalue weighted by Gasteiger charge is 2.13. The predicted octanol–water partition coefficient (Wildman–Crippen LogP) is 2.98. The Bertz CT molecular complexity index is 856. The summed E-state index contributed by atoms with van der Waals surface area (Å²) in [6.45, 7) is 2.24. The predicted molar refractivity (Wildman–Crippen MR) is 99.9 cm³/mol. The van der Waals surface area contributed by atoms with Crippen LogP contribution < -0.4 is 20.2 Å². The molecule has 0 aliphatic rings. The highest BCUT2D eigenvalue weighted by atomic mass is 35.5. The second-order valence-electron chi connectivity index (χ2n) is 5.13. The highest BCUT2D eigenvalue weighted by Crippen LogP contribution is 2.35. The summed E-state index contributed by atoms with van der Waals surface area (Å²) in [5.41, 5.74) is 2.90. The van der Waals surface area contributed by atoms with Crippen LogP contribution in [0.3, 0.4) is 0 Å². The molecule has 0 aliphatic carbocycles. The fourth-order valence-electron chi connectivity index (χ4n) is 2.04. The van der Waals surface area contributed by atoms with E-state index in [2.05, 4.69) is 15.8 Å². The minimum Gasteiger partial charge on any atom is -0.493 e. The highest BCUT2D eigenvalue weighted by molar-refractivity contribution is 6.39. The van der Waals surface area contributed by atoms with E-state index < -0.39 is 17.6 Å². The van der Waals surface area contributed by atoms with Gasteiger partial charge in [-0.05, 0) is 48.9 Å². The number of carbonyl (C=O) groups is 2. The van der Waals surface area contributed by atoms with E-state index >= 15 is 0 Å². The van der Waals surface area contributed by atoms with Crippen LogP contribution in [0.5, 0.6) is 11.5 Å². The van der Waals surface area contributed by atoms with Gasteiger partial charge in [0.25, 0.3) is 0 Å². The van der Waals surface area contributed by atoms with Gasteiger partial charge in [-0.2, -0.15) is 5.10 Å². The molecule has 2 aromatic carbocycles. The molecule has 0 atom stereocenters. The standard InChI is InChI=1S/C18H17ClFN3O4/c1-3-27-16-14(19)8-11(9-15(16)26-2)10-21-23-18(25)17(24)22-13-6-4-12(20)5-7-13/h4-10H,3H2,1-2H3,(H,22,24)(H,23,25)/b21-10-. The summed E-state index contributed by atoms with van der Waals surface area (Å²) < 4.78 is 23.4. The first-order chi connectivity index (χ1) is 12.9. The molecule has 2 N–H and O–H groups in total. The van der Waals surface area contributed by atoms with Crippen molar-refractivity contribution in [1.82, 2.24) is 5.43 Å². The zero-order valence-corrected chi connectivity index (χ0v) is 15.3. The Kier molecular flexibility index (Phi) is 7.13. The molecule has 0 bridgehead atoms. The van der Waals surface area contributed by atoms with Gasteiger partial charge in [-0.3, -0.25) is 9.59 Å². The zero-order chi connectivity index (χ0) is 19.8. The summed E-state index contributed by atoms with van der Waals surface area (Å²) in [6, 6.07) is 8.17. The molecule has 2 rings (SSSR count). The van der Waals surface area contributed by atoms with Crippen molar-refractivity contribution in [3.05, 3.63) is 52.8 Å². The first kappa shape index (κ1) is 20.2. The summed E-state index contributed by atoms with van der Waals surface area (Å²) in [6.07, 6.45) is 1.30. The summed E-state index contributed by atoms with van der Waals surface area (Å²) >= 11 is 6.14. The summed E-state index contributed by atoms with van der Waals surface area (Å²) in [5.74, 6) is -1.57. The molecular formula is C18H17ClFN3O4. The fraction of sp³-hybridized carbons (Fsp3) is 0.167. The lowest BCUT2D eigenvalue weighted by atomic mass is 10.2. The largest absolute Gasteiger partial charge is 0.493 e. The Morgan fingerprint density at radius 2 is 1.93 bits per heavy atom. The second-order valence-corrected chi connectivity index (χ2v) is 5.53. The molecule has 7 nitrogen and oxygen atoms in total. The summed E-state index contributed by atoms with van der Waals surface area (Å²) in [4.78, 5) is 23.5. The number of nitrogens with one attached hydrogen (secondary N) is 2. The minimum atomic E-state index is -0.987. The average Bonchev–Trinajstić information content (AvgIpc) is 2.65. The molecule has 0 saturated heterocycles. The molecule has 0 spiro atoms. The molecule has 2 aromatic rings. The molecule has 27 heavy (non-hydrogen) atoms. The van der Waals surface area contributed by atoms with E-state index in [1.165, 1.54) is 25.5 Å². The van der Waals surface area contributed by atoms with E-state index in [9.17, 15) is 14.0 Å². The van der Waals surface area contributed by atoms with Crippen molar-refractivity contribution in [1.29, 1.82) is 0 Å². The molecule has 0 radical (unpaired) electrons. The van der Waals surface area contributed by atoms with E-state index in [4.69, 9.17) is 21.1 Å². The molecule has 0 heterocycles. The van der Waals surface area contributed by atoms with E-state index in [0.29, 0.717) is 28.7 Å². The van der Waals surface area contributed by atoms with Crippen LogP contribution in [0.25, 0.3) is 0 Å². The lowest BCUT2D eigenvalue weighted by Gasteiger charge is -2.11. The van der Waals surface area contributed by atoms with Crippen molar-refractivity contribution in [3.8, 4) is 11.5 Å². The molecule has 0 fully saturated rings. The quantitative estimate of drug-likeness (QED) is 0.448. The molecule has 0 aliphatic heterocycles. The van der Waals surface area contributed by atoms with Crippen LogP contribution in [0.1, 0.15) is 12.5 Å². The zero-order valence-electron chi connectivity index (χ0n) is 14.6. The average molecular weight is 394 g/mol. The Labute approximate surface area is 160 Å². The number of ether oxygens (including phenoxy) is 2. The van der Waals surface area contributed by atoms with E-state index in [-0.39, 0.29) is 5.69 Å². The SMILES string of the molecule is CCOc1c(Cl)cc(/C=N\NC(=O)C(=O)Nc2ccc(F)cc2)cc1OC. The lowest BCUT2D eigenvalue weighted by Crippen LogP contribution is -2.32. The number of hydrogen-bond donors (Lipinski definition) is 2. The Morgan fingerprint density at radius 1 is 1.22 bits per heavy atom. The molecular weight excluding hydrogens is 377 g/mol. The van der Waals surface area contributed by atoms with Crippen LogP contribution in [0.4, 0.5) is 10.1 Å². The van der Waals surface area contributed by atoms with Gasteiger partial charge < -0.3 is 14.8 Å². The number of rotatable bonds is 6. The molecule has 2 amide bonds. The third-order valence-corrected chi connectivity index (χ3v) is 3.51. The van der Waals surface area contributed by atoms with E-state index in [1.54, 1.807) is 12.1 Å². The fourth-order valence-corrected chi connectivity index (χ4v) is 2.31. The number of carbonyl (C=O) groups excluding carboxylic acids is 2. The van der Waals surface area contributed by atoms with Crippen LogP contribution in [0.15, 0.2) is 41.5 Å².